The van der Waals surface area contributed by atoms with Crippen LogP contribution in [0.2, 0.25) is 0 Å². The summed E-state index contributed by atoms with van der Waals surface area (Å²) >= 11 is 0. The summed E-state index contributed by atoms with van der Waals surface area (Å²) in [5.74, 6) is -1.17. The van der Waals surface area contributed by atoms with Crippen molar-refractivity contribution in [2.24, 2.45) is 11.8 Å². The number of aromatic nitrogens is 1. The van der Waals surface area contributed by atoms with E-state index >= 15 is 0 Å². The van der Waals surface area contributed by atoms with Crippen LogP contribution in [0.1, 0.15) is 38.3 Å². The Hall–Kier alpha value is -2.50. The fourth-order valence-electron chi connectivity index (χ4n) is 3.65. The van der Waals surface area contributed by atoms with Gasteiger partial charge in [0.05, 0.1) is 5.92 Å². The number of hydrogen-bond acceptors (Lipinski definition) is 2. The average molecular weight is 357 g/mol. The molecule has 1 aliphatic rings. The molecule has 2 unspecified atom stereocenters. The van der Waals surface area contributed by atoms with Crippen LogP contribution < -0.4 is 5.32 Å². The Bertz CT molecular complexity index is 750. The molecule has 2 amide bonds. The predicted molar refractivity (Wildman–Crippen MR) is 101 cm³/mol. The highest BCUT2D eigenvalue weighted by Gasteiger charge is 2.27. The highest BCUT2D eigenvalue weighted by atomic mass is 16.4. The fourth-order valence-corrected chi connectivity index (χ4v) is 3.65. The van der Waals surface area contributed by atoms with Gasteiger partial charge in [-0.2, -0.15) is 0 Å². The van der Waals surface area contributed by atoms with Gasteiger partial charge in [-0.05, 0) is 36.3 Å². The normalized spacial score (nSPS) is 18.9. The number of likely N-dealkylation sites (tertiary alicyclic amines) is 1. The number of hydrogen-bond donors (Lipinski definition) is 3. The minimum Gasteiger partial charge on any atom is -0.481 e. The van der Waals surface area contributed by atoms with Gasteiger partial charge >= 0.3 is 12.0 Å². The number of carboxylic acids is 1. The summed E-state index contributed by atoms with van der Waals surface area (Å²) in [6, 6.07) is 10.2. The van der Waals surface area contributed by atoms with Crippen LogP contribution in [0.25, 0.3) is 10.9 Å². The smallest absolute Gasteiger partial charge is 0.317 e. The van der Waals surface area contributed by atoms with Gasteiger partial charge in [0.1, 0.15) is 0 Å². The minimum absolute atomic E-state index is 0.0201. The first-order valence-corrected chi connectivity index (χ1v) is 9.29. The summed E-state index contributed by atoms with van der Waals surface area (Å²) in [5, 5.41) is 13.3. The van der Waals surface area contributed by atoms with Crippen LogP contribution in [0.4, 0.5) is 4.79 Å². The molecule has 1 aromatic carbocycles. The van der Waals surface area contributed by atoms with Gasteiger partial charge in [0, 0.05) is 36.8 Å². The van der Waals surface area contributed by atoms with E-state index in [1.165, 1.54) is 5.39 Å². The molecule has 1 aliphatic heterocycles. The predicted octanol–water partition coefficient (Wildman–Crippen LogP) is 3.41. The largest absolute Gasteiger partial charge is 0.481 e. The highest BCUT2D eigenvalue weighted by Crippen LogP contribution is 2.29. The molecule has 26 heavy (non-hydrogen) atoms. The van der Waals surface area contributed by atoms with Crippen LogP contribution >= 0.6 is 0 Å². The molecular formula is C20H27N3O3. The van der Waals surface area contributed by atoms with Crippen LogP contribution in [0.5, 0.6) is 0 Å². The number of fused-ring (bicyclic) bond motifs is 1. The average Bonchev–Trinajstić information content (AvgIpc) is 3.05. The van der Waals surface area contributed by atoms with E-state index in [1.54, 1.807) is 4.90 Å². The molecule has 3 rings (SSSR count). The zero-order chi connectivity index (χ0) is 18.7. The lowest BCUT2D eigenvalue weighted by molar-refractivity contribution is -0.142. The summed E-state index contributed by atoms with van der Waals surface area (Å²) in [4.78, 5) is 29.1. The maximum Gasteiger partial charge on any atom is 0.317 e. The van der Waals surface area contributed by atoms with Crippen LogP contribution in [0.3, 0.4) is 0 Å². The Balaban J connectivity index is 1.62. The zero-order valence-electron chi connectivity index (χ0n) is 15.4. The number of aromatic amines is 1. The van der Waals surface area contributed by atoms with E-state index in [-0.39, 0.29) is 24.4 Å². The van der Waals surface area contributed by atoms with Crippen LogP contribution in [0, 0.1) is 11.8 Å². The SMILES string of the molecule is CC(C)C(CNC(=O)N1CCCC(c2cc3ccccc3[nH]2)C1)C(=O)O. The molecule has 2 atom stereocenters. The quantitative estimate of drug-likeness (QED) is 0.766. The number of aliphatic carboxylic acids is 1. The van der Waals surface area contributed by atoms with Gasteiger partial charge in [-0.25, -0.2) is 4.79 Å². The van der Waals surface area contributed by atoms with Gasteiger partial charge in [0.15, 0.2) is 0 Å². The van der Waals surface area contributed by atoms with Crippen molar-refractivity contribution in [1.29, 1.82) is 0 Å². The molecule has 0 radical (unpaired) electrons. The molecule has 6 heteroatoms. The van der Waals surface area contributed by atoms with Crippen molar-refractivity contribution in [1.82, 2.24) is 15.2 Å². The number of urea groups is 1. The Morgan fingerprint density at radius 3 is 2.81 bits per heavy atom. The van der Waals surface area contributed by atoms with Crippen LogP contribution in [-0.2, 0) is 4.79 Å². The van der Waals surface area contributed by atoms with E-state index in [2.05, 4.69) is 28.5 Å². The molecule has 1 fully saturated rings. The maximum absolute atomic E-state index is 12.5. The molecule has 0 saturated carbocycles. The number of carbonyl (C=O) groups excluding carboxylic acids is 1. The summed E-state index contributed by atoms with van der Waals surface area (Å²) in [6.07, 6.45) is 1.99. The second-order valence-corrected chi connectivity index (χ2v) is 7.47. The Morgan fingerprint density at radius 2 is 2.12 bits per heavy atom. The first-order valence-electron chi connectivity index (χ1n) is 9.29. The monoisotopic (exact) mass is 357 g/mol. The number of para-hydroxylation sites is 1. The molecular weight excluding hydrogens is 330 g/mol. The Labute approximate surface area is 153 Å². The molecule has 3 N–H and O–H groups in total. The maximum atomic E-state index is 12.5. The van der Waals surface area contributed by atoms with Crippen molar-refractivity contribution >= 4 is 22.9 Å². The summed E-state index contributed by atoms with van der Waals surface area (Å²) in [7, 11) is 0. The molecule has 2 aromatic rings. The summed E-state index contributed by atoms with van der Waals surface area (Å²) in [6.45, 7) is 5.25. The zero-order valence-corrected chi connectivity index (χ0v) is 15.4. The lowest BCUT2D eigenvalue weighted by Crippen LogP contribution is -2.47. The van der Waals surface area contributed by atoms with Crippen molar-refractivity contribution in [2.75, 3.05) is 19.6 Å². The summed E-state index contributed by atoms with van der Waals surface area (Å²) in [5.41, 5.74) is 2.28. The van der Waals surface area contributed by atoms with E-state index in [9.17, 15) is 14.7 Å². The number of piperidine rings is 1. The van der Waals surface area contributed by atoms with Crippen LogP contribution in [0.15, 0.2) is 30.3 Å². The molecule has 1 aromatic heterocycles. The second kappa shape index (κ2) is 7.81. The van der Waals surface area contributed by atoms with E-state index in [0.29, 0.717) is 13.1 Å². The molecule has 0 spiro atoms. The molecule has 0 aliphatic carbocycles. The summed E-state index contributed by atoms with van der Waals surface area (Å²) < 4.78 is 0. The third-order valence-electron chi connectivity index (χ3n) is 5.29. The molecule has 6 nitrogen and oxygen atoms in total. The van der Waals surface area contributed by atoms with E-state index in [4.69, 9.17) is 0 Å². The molecule has 140 valence electrons. The first-order chi connectivity index (χ1) is 12.5. The van der Waals surface area contributed by atoms with E-state index in [1.807, 2.05) is 26.0 Å². The first kappa shape index (κ1) is 18.3. The third kappa shape index (κ3) is 4.00. The molecule has 0 bridgehead atoms. The number of amides is 2. The van der Waals surface area contributed by atoms with Gasteiger partial charge in [0.25, 0.3) is 0 Å². The number of carboxylic acid groups (broad SMARTS) is 1. The van der Waals surface area contributed by atoms with Crippen molar-refractivity contribution in [3.05, 3.63) is 36.0 Å². The number of benzene rings is 1. The van der Waals surface area contributed by atoms with Gasteiger partial charge < -0.3 is 20.3 Å². The number of carbonyl (C=O) groups is 2. The van der Waals surface area contributed by atoms with E-state index in [0.717, 1.165) is 24.1 Å². The third-order valence-corrected chi connectivity index (χ3v) is 5.29. The lowest BCUT2D eigenvalue weighted by atomic mass is 9.94. The van der Waals surface area contributed by atoms with Gasteiger partial charge in [-0.3, -0.25) is 4.79 Å². The molecule has 2 heterocycles. The van der Waals surface area contributed by atoms with Gasteiger partial charge in [-0.1, -0.05) is 32.0 Å². The Kier molecular flexibility index (Phi) is 5.49. The minimum atomic E-state index is -0.866. The lowest BCUT2D eigenvalue weighted by Gasteiger charge is -2.33. The highest BCUT2D eigenvalue weighted by molar-refractivity contribution is 5.80. The number of nitrogens with one attached hydrogen (secondary N) is 2. The van der Waals surface area contributed by atoms with Crippen molar-refractivity contribution in [2.45, 2.75) is 32.6 Å². The standard InChI is InChI=1S/C20H27N3O3/c1-13(2)16(19(24)25)11-21-20(26)23-9-5-7-15(12-23)18-10-14-6-3-4-8-17(14)22-18/h3-4,6,8,10,13,15-16,22H,5,7,9,11-12H2,1-2H3,(H,21,26)(H,24,25). The van der Waals surface area contributed by atoms with Crippen molar-refractivity contribution in [3.8, 4) is 0 Å². The second-order valence-electron chi connectivity index (χ2n) is 7.47. The number of H-pyrrole nitrogens is 1. The van der Waals surface area contributed by atoms with Gasteiger partial charge in [0.2, 0.25) is 0 Å². The van der Waals surface area contributed by atoms with E-state index < -0.39 is 11.9 Å². The van der Waals surface area contributed by atoms with Crippen LogP contribution in [-0.4, -0.2) is 46.6 Å². The Morgan fingerprint density at radius 1 is 1.35 bits per heavy atom. The van der Waals surface area contributed by atoms with Gasteiger partial charge in [-0.15, -0.1) is 0 Å². The fraction of sp³-hybridized carbons (Fsp3) is 0.500. The molecule has 1 saturated heterocycles. The van der Waals surface area contributed by atoms with Crippen molar-refractivity contribution in [3.63, 3.8) is 0 Å². The van der Waals surface area contributed by atoms with Crippen molar-refractivity contribution < 1.29 is 14.7 Å². The number of rotatable bonds is 5. The topological polar surface area (TPSA) is 85.4 Å². The number of nitrogens with zero attached hydrogens (tertiary/aromatic N) is 1.